The molecule has 1 saturated heterocycles. The summed E-state index contributed by atoms with van der Waals surface area (Å²) in [5, 5.41) is 11.2. The van der Waals surface area contributed by atoms with E-state index >= 15 is 4.79 Å². The Hall–Kier alpha value is -5.23. The van der Waals surface area contributed by atoms with Crippen LogP contribution in [0.5, 0.6) is 11.5 Å². The van der Waals surface area contributed by atoms with Gasteiger partial charge in [-0.05, 0) is 87.2 Å². The lowest BCUT2D eigenvalue weighted by molar-refractivity contribution is -0.149. The zero-order valence-corrected chi connectivity index (χ0v) is 36.7. The van der Waals surface area contributed by atoms with E-state index in [4.69, 9.17) is 14.2 Å². The third-order valence-corrected chi connectivity index (χ3v) is 16.6. The molecule has 0 aliphatic carbocycles. The van der Waals surface area contributed by atoms with Crippen LogP contribution >= 0.6 is 0 Å². The SMILES string of the molecule is COc1ccc([Si](C)(C)[C@H]2[C@H](CC(=O)N(CCO)Cc3ccccc3)O[C@@]3(C(=O)N(C/C=C(\C)CCC=C(C)C)c4ccc(-n5cccc(OC)c5=O)cc43)[C@@H]2C)cc1. The summed E-state index contributed by atoms with van der Waals surface area (Å²) in [6.07, 6.45) is 7.20. The van der Waals surface area contributed by atoms with Gasteiger partial charge in [-0.25, -0.2) is 0 Å². The lowest BCUT2D eigenvalue weighted by Crippen LogP contribution is -2.52. The zero-order chi connectivity index (χ0) is 42.5. The second-order valence-corrected chi connectivity index (χ2v) is 21.3. The van der Waals surface area contributed by atoms with Gasteiger partial charge >= 0.3 is 0 Å². The molecule has 1 fully saturated rings. The van der Waals surface area contributed by atoms with E-state index < -0.39 is 19.8 Å². The highest BCUT2D eigenvalue weighted by Crippen LogP contribution is 2.60. The van der Waals surface area contributed by atoms with Crippen LogP contribution in [-0.4, -0.2) is 74.5 Å². The largest absolute Gasteiger partial charge is 0.497 e. The standard InChI is InChI=1S/C48H59N3O7Si/c1-33(2)14-12-15-34(3)25-27-51-41-24-19-37(50-26-13-18-42(57-6)46(50)54)30-40(41)48(47(51)55)35(4)45(59(7,8)39-22-20-38(56-5)21-23-39)43(58-48)31-44(53)49(28-29-52)32-36-16-10-9-11-17-36/h9-11,13-14,16-26,30,35,43,45,52H,12,15,27-29,31-32H2,1-8H3/b34-25+/t35-,43+,45-,48+/m1/s1. The number of aliphatic hydroxyl groups excluding tert-OH is 1. The van der Waals surface area contributed by atoms with Gasteiger partial charge in [-0.1, -0.05) is 91.0 Å². The van der Waals surface area contributed by atoms with Crippen molar-refractivity contribution in [1.82, 2.24) is 9.47 Å². The van der Waals surface area contributed by atoms with E-state index in [1.165, 1.54) is 22.8 Å². The number of anilines is 1. The maximum atomic E-state index is 15.5. The summed E-state index contributed by atoms with van der Waals surface area (Å²) in [5.41, 5.74) is 3.39. The minimum absolute atomic E-state index is 0.0250. The van der Waals surface area contributed by atoms with Gasteiger partial charge in [0.15, 0.2) is 11.4 Å². The maximum absolute atomic E-state index is 15.5. The maximum Gasteiger partial charge on any atom is 0.297 e. The van der Waals surface area contributed by atoms with Crippen molar-refractivity contribution in [3.05, 3.63) is 136 Å². The highest BCUT2D eigenvalue weighted by atomic mass is 28.3. The molecule has 1 spiro atoms. The van der Waals surface area contributed by atoms with Crippen molar-refractivity contribution in [2.24, 2.45) is 5.92 Å². The first-order chi connectivity index (χ1) is 28.3. The Bertz CT molecular complexity index is 2250. The molecular formula is C48H59N3O7Si. The molecule has 2 aliphatic rings. The molecule has 4 atom stereocenters. The highest BCUT2D eigenvalue weighted by molar-refractivity contribution is 6.91. The Kier molecular flexibility index (Phi) is 13.5. The number of carbonyl (C=O) groups is 2. The number of hydrogen-bond donors (Lipinski definition) is 1. The van der Waals surface area contributed by atoms with Gasteiger partial charge in [0.05, 0.1) is 47.1 Å². The van der Waals surface area contributed by atoms with Crippen molar-refractivity contribution >= 4 is 30.8 Å². The van der Waals surface area contributed by atoms with Crippen molar-refractivity contribution in [3.8, 4) is 17.2 Å². The number of carbonyl (C=O) groups excluding carboxylic acids is 2. The molecule has 4 aromatic rings. The molecule has 11 heteroatoms. The molecule has 59 heavy (non-hydrogen) atoms. The summed E-state index contributed by atoms with van der Waals surface area (Å²) in [6, 6.07) is 26.9. The summed E-state index contributed by atoms with van der Waals surface area (Å²) in [4.78, 5) is 47.0. The summed E-state index contributed by atoms with van der Waals surface area (Å²) in [7, 11) is 0.524. The number of rotatable bonds is 16. The van der Waals surface area contributed by atoms with E-state index in [0.29, 0.717) is 24.3 Å². The van der Waals surface area contributed by atoms with E-state index in [1.54, 1.807) is 30.3 Å². The van der Waals surface area contributed by atoms with Gasteiger partial charge in [0.25, 0.3) is 11.5 Å². The predicted molar refractivity (Wildman–Crippen MR) is 237 cm³/mol. The first-order valence-corrected chi connectivity index (χ1v) is 23.6. The van der Waals surface area contributed by atoms with Gasteiger partial charge in [-0.15, -0.1) is 0 Å². The summed E-state index contributed by atoms with van der Waals surface area (Å²) >= 11 is 0. The number of hydrogen-bond acceptors (Lipinski definition) is 7. The van der Waals surface area contributed by atoms with E-state index in [9.17, 15) is 14.7 Å². The molecule has 6 rings (SSSR count). The molecule has 0 bridgehead atoms. The number of ether oxygens (including phenoxy) is 3. The molecule has 0 unspecified atom stereocenters. The zero-order valence-electron chi connectivity index (χ0n) is 35.7. The van der Waals surface area contributed by atoms with Crippen molar-refractivity contribution < 1.29 is 28.9 Å². The van der Waals surface area contributed by atoms with Gasteiger partial charge in [0.1, 0.15) is 5.75 Å². The minimum Gasteiger partial charge on any atom is -0.497 e. The molecule has 0 radical (unpaired) electrons. The van der Waals surface area contributed by atoms with Crippen LogP contribution in [-0.2, 0) is 26.5 Å². The number of methoxy groups -OCH3 is 2. The van der Waals surface area contributed by atoms with E-state index in [-0.39, 0.29) is 54.2 Å². The number of benzene rings is 3. The van der Waals surface area contributed by atoms with Crippen LogP contribution < -0.4 is 25.1 Å². The predicted octanol–water partition coefficient (Wildman–Crippen LogP) is 7.52. The van der Waals surface area contributed by atoms with Crippen LogP contribution in [0.25, 0.3) is 5.69 Å². The summed E-state index contributed by atoms with van der Waals surface area (Å²) in [6.45, 7) is 13.6. The van der Waals surface area contributed by atoms with Gasteiger partial charge in [-0.3, -0.25) is 19.0 Å². The van der Waals surface area contributed by atoms with Gasteiger partial charge in [0, 0.05) is 43.0 Å². The number of allylic oxidation sites excluding steroid dienone is 3. The lowest BCUT2D eigenvalue weighted by atomic mass is 9.82. The Labute approximate surface area is 349 Å². The normalized spacial score (nSPS) is 20.2. The molecule has 312 valence electrons. The van der Waals surface area contributed by atoms with E-state index in [2.05, 4.69) is 65.1 Å². The van der Waals surface area contributed by atoms with Crippen LogP contribution in [0, 0.1) is 5.92 Å². The van der Waals surface area contributed by atoms with Crippen molar-refractivity contribution in [1.29, 1.82) is 0 Å². The first kappa shape index (κ1) is 43.3. The topological polar surface area (TPSA) is 111 Å². The fourth-order valence-corrected chi connectivity index (χ4v) is 13.1. The van der Waals surface area contributed by atoms with E-state index in [0.717, 1.165) is 35.0 Å². The molecule has 1 N–H and O–H groups in total. The molecule has 1 aromatic heterocycles. The number of nitrogens with zero attached hydrogens (tertiary/aromatic N) is 3. The molecule has 2 amide bonds. The second kappa shape index (κ2) is 18.4. The fourth-order valence-electron chi connectivity index (χ4n) is 9.12. The molecule has 2 aliphatic heterocycles. The van der Waals surface area contributed by atoms with Crippen LogP contribution in [0.4, 0.5) is 5.69 Å². The lowest BCUT2D eigenvalue weighted by Gasteiger charge is -2.37. The van der Waals surface area contributed by atoms with Gasteiger partial charge in [-0.2, -0.15) is 0 Å². The van der Waals surface area contributed by atoms with Crippen molar-refractivity contribution in [3.63, 3.8) is 0 Å². The van der Waals surface area contributed by atoms with Crippen LogP contribution in [0.2, 0.25) is 18.6 Å². The average Bonchev–Trinajstić information content (AvgIpc) is 3.65. The van der Waals surface area contributed by atoms with Crippen LogP contribution in [0.1, 0.15) is 58.1 Å². The first-order valence-electron chi connectivity index (χ1n) is 20.5. The number of aliphatic hydroxyl groups is 1. The third kappa shape index (κ3) is 8.74. The fraction of sp³-hybridized carbons (Fsp3) is 0.396. The molecule has 10 nitrogen and oxygen atoms in total. The smallest absolute Gasteiger partial charge is 0.297 e. The van der Waals surface area contributed by atoms with Gasteiger partial charge < -0.3 is 29.1 Å². The van der Waals surface area contributed by atoms with Crippen LogP contribution in [0.15, 0.2) is 119 Å². The Morgan fingerprint density at radius 2 is 1.68 bits per heavy atom. The highest BCUT2D eigenvalue weighted by Gasteiger charge is 2.66. The van der Waals surface area contributed by atoms with Crippen LogP contribution in [0.3, 0.4) is 0 Å². The van der Waals surface area contributed by atoms with Gasteiger partial charge in [0.2, 0.25) is 5.91 Å². The molecule has 3 aromatic carbocycles. The van der Waals surface area contributed by atoms with Crippen molar-refractivity contribution in [2.45, 2.75) is 83.8 Å². The summed E-state index contributed by atoms with van der Waals surface area (Å²) in [5.74, 6) is 0.238. The number of amides is 2. The Morgan fingerprint density at radius 3 is 2.34 bits per heavy atom. The monoisotopic (exact) mass is 817 g/mol. The Morgan fingerprint density at radius 1 is 0.949 bits per heavy atom. The molecule has 3 heterocycles. The molecular weight excluding hydrogens is 759 g/mol. The number of fused-ring (bicyclic) bond motifs is 2. The average molecular weight is 818 g/mol. The number of pyridine rings is 1. The second-order valence-electron chi connectivity index (χ2n) is 16.6. The Balaban J connectivity index is 1.49. The third-order valence-electron chi connectivity index (χ3n) is 12.3. The molecule has 0 saturated carbocycles. The quantitative estimate of drug-likeness (QED) is 0.0921. The minimum atomic E-state index is -2.59. The number of aromatic nitrogens is 1. The summed E-state index contributed by atoms with van der Waals surface area (Å²) < 4.78 is 19.8. The van der Waals surface area contributed by atoms with E-state index in [1.807, 2.05) is 65.6 Å². The van der Waals surface area contributed by atoms with Crippen molar-refractivity contribution in [2.75, 3.05) is 38.8 Å².